The minimum atomic E-state index is -0.840. The highest BCUT2D eigenvalue weighted by Crippen LogP contribution is 2.01. The largest absolute Gasteiger partial charge is 0.481 e. The lowest BCUT2D eigenvalue weighted by molar-refractivity contribution is -0.137. The molecule has 6 heteroatoms. The summed E-state index contributed by atoms with van der Waals surface area (Å²) in [5.74, 6) is -0.570. The molecular formula is C11H17N3O3. The number of nitrogens with zero attached hydrogens (tertiary/aromatic N) is 2. The molecule has 1 aromatic rings. The minimum absolute atomic E-state index is 0.0741. The molecule has 0 spiro atoms. The number of rotatable bonds is 6. The first-order valence-electron chi connectivity index (χ1n) is 5.55. The third kappa shape index (κ3) is 3.90. The Balaban J connectivity index is 2.63. The second kappa shape index (κ2) is 6.03. The molecule has 6 nitrogen and oxygen atoms in total. The predicted octanol–water partition coefficient (Wildman–Crippen LogP) is 1.10. The molecule has 0 aliphatic rings. The van der Waals surface area contributed by atoms with Gasteiger partial charge in [0.05, 0.1) is 0 Å². The molecule has 0 atom stereocenters. The lowest BCUT2D eigenvalue weighted by Crippen LogP contribution is -2.26. The maximum Gasteiger partial charge on any atom is 0.303 e. The second-order valence-corrected chi connectivity index (χ2v) is 4.01. The normalized spacial score (nSPS) is 10.5. The highest BCUT2D eigenvalue weighted by molar-refractivity contribution is 5.66. The number of carboxylic acid groups (broad SMARTS) is 1. The first kappa shape index (κ1) is 13.2. The summed E-state index contributed by atoms with van der Waals surface area (Å²) in [6.45, 7) is 4.25. The average molecular weight is 239 g/mol. The molecule has 0 fully saturated rings. The SMILES string of the molecule is CC(C)n1ccnc(NCCCC(=O)O)c1=O. The van der Waals surface area contributed by atoms with Gasteiger partial charge in [0, 0.05) is 31.4 Å². The highest BCUT2D eigenvalue weighted by Gasteiger charge is 2.06. The summed E-state index contributed by atoms with van der Waals surface area (Å²) in [6.07, 6.45) is 3.74. The smallest absolute Gasteiger partial charge is 0.303 e. The van der Waals surface area contributed by atoms with Crippen LogP contribution in [0.4, 0.5) is 5.82 Å². The van der Waals surface area contributed by atoms with E-state index in [2.05, 4.69) is 10.3 Å². The lowest BCUT2D eigenvalue weighted by atomic mass is 10.3. The van der Waals surface area contributed by atoms with E-state index in [0.29, 0.717) is 13.0 Å². The molecule has 17 heavy (non-hydrogen) atoms. The van der Waals surface area contributed by atoms with Crippen LogP contribution in [0.2, 0.25) is 0 Å². The summed E-state index contributed by atoms with van der Waals surface area (Å²) in [5, 5.41) is 11.3. The Morgan fingerprint density at radius 3 is 2.88 bits per heavy atom. The molecule has 1 aromatic heterocycles. The number of aliphatic carboxylic acids is 1. The standard InChI is InChI=1S/C11H17N3O3/c1-8(2)14-7-6-13-10(11(14)17)12-5-3-4-9(15)16/h6-8H,3-5H2,1-2H3,(H,12,13)(H,15,16). The van der Waals surface area contributed by atoms with Gasteiger partial charge in [-0.3, -0.25) is 9.59 Å². The highest BCUT2D eigenvalue weighted by atomic mass is 16.4. The van der Waals surface area contributed by atoms with Crippen molar-refractivity contribution in [1.29, 1.82) is 0 Å². The Morgan fingerprint density at radius 2 is 2.29 bits per heavy atom. The van der Waals surface area contributed by atoms with Crippen molar-refractivity contribution < 1.29 is 9.90 Å². The predicted molar refractivity (Wildman–Crippen MR) is 64.2 cm³/mol. The van der Waals surface area contributed by atoms with Crippen LogP contribution in [-0.2, 0) is 4.79 Å². The average Bonchev–Trinajstić information content (AvgIpc) is 2.25. The van der Waals surface area contributed by atoms with Crippen molar-refractivity contribution in [1.82, 2.24) is 9.55 Å². The Hall–Kier alpha value is -1.85. The van der Waals surface area contributed by atoms with Crippen LogP contribution in [-0.4, -0.2) is 27.2 Å². The van der Waals surface area contributed by atoms with Gasteiger partial charge in [0.1, 0.15) is 0 Å². The van der Waals surface area contributed by atoms with E-state index in [1.165, 1.54) is 0 Å². The van der Waals surface area contributed by atoms with E-state index < -0.39 is 5.97 Å². The van der Waals surface area contributed by atoms with Crippen LogP contribution in [0.5, 0.6) is 0 Å². The van der Waals surface area contributed by atoms with Crippen LogP contribution in [0.3, 0.4) is 0 Å². The Morgan fingerprint density at radius 1 is 1.59 bits per heavy atom. The van der Waals surface area contributed by atoms with Crippen LogP contribution >= 0.6 is 0 Å². The molecule has 0 saturated carbocycles. The second-order valence-electron chi connectivity index (χ2n) is 4.01. The summed E-state index contributed by atoms with van der Waals surface area (Å²) in [6, 6.07) is 0.0741. The summed E-state index contributed by atoms with van der Waals surface area (Å²) in [5.41, 5.74) is -0.183. The molecule has 2 N–H and O–H groups in total. The molecule has 0 bridgehead atoms. The Bertz CT molecular complexity index is 440. The van der Waals surface area contributed by atoms with Gasteiger partial charge >= 0.3 is 5.97 Å². The zero-order valence-electron chi connectivity index (χ0n) is 10.0. The topological polar surface area (TPSA) is 84.2 Å². The van der Waals surface area contributed by atoms with E-state index in [1.54, 1.807) is 17.0 Å². The molecule has 1 rings (SSSR count). The van der Waals surface area contributed by atoms with Crippen LogP contribution in [0.25, 0.3) is 0 Å². The molecular weight excluding hydrogens is 222 g/mol. The van der Waals surface area contributed by atoms with Gasteiger partial charge in [-0.25, -0.2) is 4.98 Å². The van der Waals surface area contributed by atoms with Crippen molar-refractivity contribution in [3.8, 4) is 0 Å². The number of aromatic nitrogens is 2. The number of hydrogen-bond donors (Lipinski definition) is 2. The summed E-state index contributed by atoms with van der Waals surface area (Å²) >= 11 is 0. The summed E-state index contributed by atoms with van der Waals surface area (Å²) in [7, 11) is 0. The molecule has 1 heterocycles. The van der Waals surface area contributed by atoms with Crippen molar-refractivity contribution >= 4 is 11.8 Å². The molecule has 0 aliphatic carbocycles. The van der Waals surface area contributed by atoms with Gasteiger partial charge in [-0.2, -0.15) is 0 Å². The van der Waals surface area contributed by atoms with Gasteiger partial charge in [-0.15, -0.1) is 0 Å². The van der Waals surface area contributed by atoms with E-state index in [0.717, 1.165) is 0 Å². The number of nitrogens with one attached hydrogen (secondary N) is 1. The van der Waals surface area contributed by atoms with Crippen molar-refractivity contribution in [2.45, 2.75) is 32.7 Å². The fourth-order valence-electron chi connectivity index (χ4n) is 1.40. The molecule has 0 unspecified atom stereocenters. The molecule has 94 valence electrons. The molecule has 0 aliphatic heterocycles. The summed E-state index contributed by atoms with van der Waals surface area (Å²) < 4.78 is 1.58. The maximum atomic E-state index is 11.9. The maximum absolute atomic E-state index is 11.9. The van der Waals surface area contributed by atoms with Crippen LogP contribution in [0.15, 0.2) is 17.2 Å². The van der Waals surface area contributed by atoms with Crippen LogP contribution in [0.1, 0.15) is 32.7 Å². The first-order chi connectivity index (χ1) is 8.02. The van der Waals surface area contributed by atoms with E-state index >= 15 is 0 Å². The third-order valence-corrected chi connectivity index (χ3v) is 2.28. The zero-order chi connectivity index (χ0) is 12.8. The third-order valence-electron chi connectivity index (χ3n) is 2.28. The van der Waals surface area contributed by atoms with Gasteiger partial charge in [0.15, 0.2) is 5.82 Å². The molecule has 0 radical (unpaired) electrons. The lowest BCUT2D eigenvalue weighted by Gasteiger charge is -2.11. The van der Waals surface area contributed by atoms with E-state index in [1.807, 2.05) is 13.8 Å². The quantitative estimate of drug-likeness (QED) is 0.726. The monoisotopic (exact) mass is 239 g/mol. The van der Waals surface area contributed by atoms with Gasteiger partial charge in [-0.1, -0.05) is 0 Å². The molecule has 0 amide bonds. The summed E-state index contributed by atoms with van der Waals surface area (Å²) in [4.78, 5) is 26.1. The first-order valence-corrected chi connectivity index (χ1v) is 5.55. The van der Waals surface area contributed by atoms with Gasteiger partial charge in [0.2, 0.25) is 0 Å². The number of carbonyl (C=O) groups is 1. The number of hydrogen-bond acceptors (Lipinski definition) is 4. The number of carboxylic acids is 1. The van der Waals surface area contributed by atoms with Gasteiger partial charge in [-0.05, 0) is 20.3 Å². The molecule has 0 aromatic carbocycles. The van der Waals surface area contributed by atoms with E-state index in [4.69, 9.17) is 5.11 Å². The van der Waals surface area contributed by atoms with Gasteiger partial charge in [0.25, 0.3) is 5.56 Å². The van der Waals surface area contributed by atoms with Crippen LogP contribution in [0, 0.1) is 0 Å². The fraction of sp³-hybridized carbons (Fsp3) is 0.545. The minimum Gasteiger partial charge on any atom is -0.481 e. The van der Waals surface area contributed by atoms with E-state index in [9.17, 15) is 9.59 Å². The Labute approximate surface area is 99.3 Å². The van der Waals surface area contributed by atoms with Crippen molar-refractivity contribution in [2.75, 3.05) is 11.9 Å². The van der Waals surface area contributed by atoms with Gasteiger partial charge < -0.3 is 15.0 Å². The van der Waals surface area contributed by atoms with Crippen molar-refractivity contribution in [2.24, 2.45) is 0 Å². The Kier molecular flexibility index (Phi) is 4.68. The van der Waals surface area contributed by atoms with Crippen molar-refractivity contribution in [3.63, 3.8) is 0 Å². The van der Waals surface area contributed by atoms with Crippen molar-refractivity contribution in [3.05, 3.63) is 22.7 Å². The number of anilines is 1. The van der Waals surface area contributed by atoms with Crippen LogP contribution < -0.4 is 10.9 Å². The fourth-order valence-corrected chi connectivity index (χ4v) is 1.40. The molecule has 0 saturated heterocycles. The van der Waals surface area contributed by atoms with E-state index in [-0.39, 0.29) is 23.8 Å². The zero-order valence-corrected chi connectivity index (χ0v) is 10.0.